The number of anilines is 1. The minimum absolute atomic E-state index is 0.0194. The molecule has 0 saturated carbocycles. The van der Waals surface area contributed by atoms with Crippen LogP contribution in [0.2, 0.25) is 0 Å². The van der Waals surface area contributed by atoms with E-state index >= 15 is 0 Å². The van der Waals surface area contributed by atoms with Crippen LogP contribution in [0.3, 0.4) is 0 Å². The number of hydrogen-bond donors (Lipinski definition) is 2. The van der Waals surface area contributed by atoms with E-state index in [4.69, 9.17) is 12.2 Å². The normalized spacial score (nSPS) is 9.90. The summed E-state index contributed by atoms with van der Waals surface area (Å²) < 4.78 is 0. The third-order valence-corrected chi connectivity index (χ3v) is 2.88. The largest absolute Gasteiger partial charge is 0.332 e. The molecule has 1 aromatic carbocycles. The number of hydrogen-bond acceptors (Lipinski definition) is 4. The fourth-order valence-electron chi connectivity index (χ4n) is 1.58. The number of unbranched alkanes of at least 4 members (excludes halogenated alkanes) is 1. The molecule has 0 aliphatic rings. The first kappa shape index (κ1) is 16.0. The number of rotatable bonds is 5. The Bertz CT molecular complexity index is 532. The number of benzene rings is 1. The second-order valence-electron chi connectivity index (χ2n) is 4.36. The number of carbonyl (C=O) groups excluding carboxylic acids is 1. The summed E-state index contributed by atoms with van der Waals surface area (Å²) in [5, 5.41) is 16.3. The molecule has 108 valence electrons. The fraction of sp³-hybridized carbons (Fsp3) is 0.385. The average Bonchev–Trinajstić information content (AvgIpc) is 2.38. The van der Waals surface area contributed by atoms with Crippen molar-refractivity contribution in [2.75, 3.05) is 5.32 Å². The molecule has 0 aliphatic carbocycles. The molecule has 0 aromatic heterocycles. The number of nitro benzene ring substituents is 1. The predicted octanol–water partition coefficient (Wildman–Crippen LogP) is 2.91. The van der Waals surface area contributed by atoms with Gasteiger partial charge in [-0.2, -0.15) is 0 Å². The Kier molecular flexibility index (Phi) is 6.05. The Balaban J connectivity index is 2.62. The Morgan fingerprint density at radius 3 is 2.70 bits per heavy atom. The zero-order valence-corrected chi connectivity index (χ0v) is 12.3. The van der Waals surface area contributed by atoms with E-state index in [1.54, 1.807) is 13.0 Å². The van der Waals surface area contributed by atoms with Crippen molar-refractivity contribution in [2.24, 2.45) is 0 Å². The van der Waals surface area contributed by atoms with Gasteiger partial charge in [0.25, 0.3) is 5.69 Å². The maximum absolute atomic E-state index is 11.5. The van der Waals surface area contributed by atoms with Crippen molar-refractivity contribution in [2.45, 2.75) is 33.1 Å². The van der Waals surface area contributed by atoms with Crippen molar-refractivity contribution >= 4 is 34.6 Å². The lowest BCUT2D eigenvalue weighted by molar-refractivity contribution is -0.384. The van der Waals surface area contributed by atoms with Gasteiger partial charge in [-0.05, 0) is 37.2 Å². The van der Waals surface area contributed by atoms with Crippen LogP contribution in [-0.4, -0.2) is 15.9 Å². The fourth-order valence-corrected chi connectivity index (χ4v) is 1.81. The Morgan fingerprint density at radius 1 is 1.45 bits per heavy atom. The van der Waals surface area contributed by atoms with Crippen LogP contribution in [0.4, 0.5) is 11.4 Å². The number of carbonyl (C=O) groups is 1. The van der Waals surface area contributed by atoms with Gasteiger partial charge in [0.1, 0.15) is 0 Å². The zero-order chi connectivity index (χ0) is 15.1. The van der Waals surface area contributed by atoms with E-state index in [2.05, 4.69) is 10.6 Å². The van der Waals surface area contributed by atoms with Crippen molar-refractivity contribution in [3.63, 3.8) is 0 Å². The van der Waals surface area contributed by atoms with Crippen LogP contribution in [0.1, 0.15) is 31.7 Å². The lowest BCUT2D eigenvalue weighted by Crippen LogP contribution is -2.34. The second-order valence-corrected chi connectivity index (χ2v) is 4.77. The van der Waals surface area contributed by atoms with Gasteiger partial charge >= 0.3 is 0 Å². The van der Waals surface area contributed by atoms with Gasteiger partial charge in [0.05, 0.1) is 4.92 Å². The van der Waals surface area contributed by atoms with Crippen LogP contribution >= 0.6 is 12.2 Å². The average molecular weight is 295 g/mol. The highest BCUT2D eigenvalue weighted by Gasteiger charge is 2.10. The molecular formula is C13H17N3O3S. The summed E-state index contributed by atoms with van der Waals surface area (Å²) in [7, 11) is 0. The highest BCUT2D eigenvalue weighted by Crippen LogP contribution is 2.20. The lowest BCUT2D eigenvalue weighted by Gasteiger charge is -2.11. The molecule has 20 heavy (non-hydrogen) atoms. The van der Waals surface area contributed by atoms with Crippen molar-refractivity contribution in [3.8, 4) is 0 Å². The minimum atomic E-state index is -0.457. The summed E-state index contributed by atoms with van der Waals surface area (Å²) in [5.74, 6) is -0.135. The number of amides is 1. The van der Waals surface area contributed by atoms with Crippen molar-refractivity contribution < 1.29 is 9.72 Å². The molecule has 0 unspecified atom stereocenters. The SMILES string of the molecule is CCCCC(=O)NC(=S)Nc1ccc([N+](=O)[O-])cc1C. The highest BCUT2D eigenvalue weighted by atomic mass is 32.1. The molecule has 7 heteroatoms. The van der Waals surface area contributed by atoms with E-state index in [1.165, 1.54) is 12.1 Å². The van der Waals surface area contributed by atoms with E-state index in [0.29, 0.717) is 17.7 Å². The molecule has 0 fully saturated rings. The summed E-state index contributed by atoms with van der Waals surface area (Å²) in [6, 6.07) is 4.40. The topological polar surface area (TPSA) is 84.3 Å². The molecule has 0 spiro atoms. The van der Waals surface area contributed by atoms with Gasteiger partial charge in [-0.3, -0.25) is 14.9 Å². The quantitative estimate of drug-likeness (QED) is 0.495. The van der Waals surface area contributed by atoms with Crippen LogP contribution in [0.25, 0.3) is 0 Å². The number of aryl methyl sites for hydroxylation is 1. The maximum Gasteiger partial charge on any atom is 0.269 e. The second kappa shape index (κ2) is 7.54. The minimum Gasteiger partial charge on any atom is -0.332 e. The van der Waals surface area contributed by atoms with E-state index in [-0.39, 0.29) is 16.7 Å². The third-order valence-electron chi connectivity index (χ3n) is 2.68. The molecule has 0 radical (unpaired) electrons. The van der Waals surface area contributed by atoms with E-state index in [9.17, 15) is 14.9 Å². The molecular weight excluding hydrogens is 278 g/mol. The first-order chi connectivity index (χ1) is 9.43. The van der Waals surface area contributed by atoms with Gasteiger partial charge in [0.2, 0.25) is 5.91 Å². The molecule has 1 aromatic rings. The van der Waals surface area contributed by atoms with E-state index < -0.39 is 4.92 Å². The monoisotopic (exact) mass is 295 g/mol. The zero-order valence-electron chi connectivity index (χ0n) is 11.4. The summed E-state index contributed by atoms with van der Waals surface area (Å²) in [6.45, 7) is 3.74. The van der Waals surface area contributed by atoms with Gasteiger partial charge in [-0.1, -0.05) is 13.3 Å². The summed E-state index contributed by atoms with van der Waals surface area (Å²) >= 11 is 5.03. The molecule has 1 rings (SSSR count). The van der Waals surface area contributed by atoms with E-state index in [1.807, 2.05) is 6.92 Å². The van der Waals surface area contributed by atoms with Crippen LogP contribution in [0, 0.1) is 17.0 Å². The van der Waals surface area contributed by atoms with Gasteiger partial charge in [0.15, 0.2) is 5.11 Å². The molecule has 0 atom stereocenters. The summed E-state index contributed by atoms with van der Waals surface area (Å²) in [6.07, 6.45) is 2.18. The van der Waals surface area contributed by atoms with E-state index in [0.717, 1.165) is 12.8 Å². The van der Waals surface area contributed by atoms with Crippen LogP contribution < -0.4 is 10.6 Å². The smallest absolute Gasteiger partial charge is 0.269 e. The third kappa shape index (κ3) is 4.93. The Hall–Kier alpha value is -2.02. The summed E-state index contributed by atoms with van der Waals surface area (Å²) in [5.41, 5.74) is 1.34. The molecule has 0 aliphatic heterocycles. The number of non-ortho nitro benzene ring substituents is 1. The first-order valence-corrected chi connectivity index (χ1v) is 6.70. The molecule has 2 N–H and O–H groups in total. The maximum atomic E-state index is 11.5. The predicted molar refractivity (Wildman–Crippen MR) is 81.7 cm³/mol. The van der Waals surface area contributed by atoms with Crippen molar-refractivity contribution in [3.05, 3.63) is 33.9 Å². The molecule has 6 nitrogen and oxygen atoms in total. The number of nitrogens with zero attached hydrogens (tertiary/aromatic N) is 1. The van der Waals surface area contributed by atoms with Gasteiger partial charge < -0.3 is 10.6 Å². The highest BCUT2D eigenvalue weighted by molar-refractivity contribution is 7.80. The van der Waals surface area contributed by atoms with Gasteiger partial charge in [0, 0.05) is 24.2 Å². The molecule has 1 amide bonds. The Labute approximate surface area is 122 Å². The molecule has 0 heterocycles. The summed E-state index contributed by atoms with van der Waals surface area (Å²) in [4.78, 5) is 21.7. The van der Waals surface area contributed by atoms with Crippen LogP contribution in [0.5, 0.6) is 0 Å². The lowest BCUT2D eigenvalue weighted by atomic mass is 10.2. The van der Waals surface area contributed by atoms with Crippen LogP contribution in [0.15, 0.2) is 18.2 Å². The number of thiocarbonyl (C=S) groups is 1. The van der Waals surface area contributed by atoms with Crippen molar-refractivity contribution in [1.29, 1.82) is 0 Å². The van der Waals surface area contributed by atoms with Crippen molar-refractivity contribution in [1.82, 2.24) is 5.32 Å². The number of nitrogens with one attached hydrogen (secondary N) is 2. The van der Waals surface area contributed by atoms with Gasteiger partial charge in [-0.25, -0.2) is 0 Å². The Morgan fingerprint density at radius 2 is 2.15 bits per heavy atom. The van der Waals surface area contributed by atoms with Gasteiger partial charge in [-0.15, -0.1) is 0 Å². The molecule has 0 saturated heterocycles. The molecule has 0 bridgehead atoms. The standard InChI is InChI=1S/C13H17N3O3S/c1-3-4-5-12(17)15-13(20)14-11-7-6-10(16(18)19)8-9(11)2/h6-8H,3-5H2,1-2H3,(H2,14,15,17,20). The first-order valence-electron chi connectivity index (χ1n) is 6.30. The van der Waals surface area contributed by atoms with Crippen LogP contribution in [-0.2, 0) is 4.79 Å². The number of nitro groups is 1.